The quantitative estimate of drug-likeness (QED) is 0.491. The lowest BCUT2D eigenvalue weighted by Crippen LogP contribution is -2.35. The highest BCUT2D eigenvalue weighted by molar-refractivity contribution is 7.71. The van der Waals surface area contributed by atoms with Crippen LogP contribution in [0, 0.1) is 4.77 Å². The molecule has 3 aromatic rings. The van der Waals surface area contributed by atoms with Crippen molar-refractivity contribution in [1.29, 1.82) is 0 Å². The van der Waals surface area contributed by atoms with E-state index in [0.717, 1.165) is 32.5 Å². The Bertz CT molecular complexity index is 1180. The first kappa shape index (κ1) is 21.2. The number of likely N-dealkylation sites (tertiary alicyclic amines) is 1. The number of aliphatic imine (C=N–C) groups is 1. The zero-order valence-corrected chi connectivity index (χ0v) is 18.3. The number of rotatable bonds is 5. The molecule has 4 rings (SSSR count). The maximum atomic E-state index is 13.1. The first-order valence-electron chi connectivity index (χ1n) is 10.4. The van der Waals surface area contributed by atoms with E-state index >= 15 is 0 Å². The minimum absolute atomic E-state index is 0.129. The van der Waals surface area contributed by atoms with Gasteiger partial charge in [-0.05, 0) is 42.8 Å². The normalized spacial score (nSPS) is 15.5. The lowest BCUT2D eigenvalue weighted by molar-refractivity contribution is 0.206. The second kappa shape index (κ2) is 9.41. The molecule has 1 aliphatic rings. The van der Waals surface area contributed by atoms with Gasteiger partial charge in [-0.15, -0.1) is 0 Å². The van der Waals surface area contributed by atoms with Gasteiger partial charge in [0.1, 0.15) is 5.56 Å². The molecular formula is C24H26N4O2S. The molecule has 0 saturated carbocycles. The van der Waals surface area contributed by atoms with Crippen molar-refractivity contribution in [3.05, 3.63) is 86.9 Å². The van der Waals surface area contributed by atoms with E-state index in [0.29, 0.717) is 5.69 Å². The number of aromatic nitrogens is 2. The maximum absolute atomic E-state index is 13.1. The summed E-state index contributed by atoms with van der Waals surface area (Å²) in [7, 11) is 1.65. The summed E-state index contributed by atoms with van der Waals surface area (Å²) < 4.78 is 3.10. The fourth-order valence-electron chi connectivity index (χ4n) is 3.89. The van der Waals surface area contributed by atoms with Gasteiger partial charge in [-0.3, -0.25) is 23.8 Å². The Kier molecular flexibility index (Phi) is 6.44. The third-order valence-electron chi connectivity index (χ3n) is 5.71. The Morgan fingerprint density at radius 1 is 1.06 bits per heavy atom. The number of aromatic hydroxyl groups is 1. The molecule has 0 unspecified atom stereocenters. The van der Waals surface area contributed by atoms with Gasteiger partial charge in [0, 0.05) is 32.9 Å². The number of para-hydroxylation sites is 1. The molecule has 0 radical (unpaired) electrons. The van der Waals surface area contributed by atoms with E-state index in [4.69, 9.17) is 12.2 Å². The molecule has 1 aliphatic heterocycles. The predicted octanol–water partition coefficient (Wildman–Crippen LogP) is 3.69. The molecule has 0 spiro atoms. The van der Waals surface area contributed by atoms with Gasteiger partial charge in [0.05, 0.1) is 11.7 Å². The summed E-state index contributed by atoms with van der Waals surface area (Å²) in [6, 6.07) is 19.8. The zero-order chi connectivity index (χ0) is 21.8. The Hall–Kier alpha value is -3.03. The van der Waals surface area contributed by atoms with Gasteiger partial charge in [0.15, 0.2) is 4.77 Å². The summed E-state index contributed by atoms with van der Waals surface area (Å²) in [5, 5.41) is 10.5. The molecule has 1 aromatic heterocycles. The SMILES string of the molecule is Cn1c(O)c(C=NC2CCN(Cc3ccccc3)CC2)c(=O)n(-c2ccccc2)c1=S. The van der Waals surface area contributed by atoms with Crippen LogP contribution in [0.4, 0.5) is 0 Å². The lowest BCUT2D eigenvalue weighted by atomic mass is 10.0. The number of nitrogens with zero attached hydrogens (tertiary/aromatic N) is 4. The fourth-order valence-corrected chi connectivity index (χ4v) is 4.16. The van der Waals surface area contributed by atoms with E-state index in [-0.39, 0.29) is 27.8 Å². The molecular weight excluding hydrogens is 408 g/mol. The molecule has 0 amide bonds. The predicted molar refractivity (Wildman–Crippen MR) is 126 cm³/mol. The van der Waals surface area contributed by atoms with Crippen molar-refractivity contribution >= 4 is 18.4 Å². The van der Waals surface area contributed by atoms with Crippen LogP contribution in [0.2, 0.25) is 0 Å². The molecule has 1 fully saturated rings. The molecule has 2 aromatic carbocycles. The molecule has 160 valence electrons. The van der Waals surface area contributed by atoms with Crippen molar-refractivity contribution < 1.29 is 5.11 Å². The second-order valence-electron chi connectivity index (χ2n) is 7.83. The highest BCUT2D eigenvalue weighted by Gasteiger charge is 2.19. The molecule has 0 atom stereocenters. The number of hydrogen-bond donors (Lipinski definition) is 1. The molecule has 31 heavy (non-hydrogen) atoms. The van der Waals surface area contributed by atoms with Crippen LogP contribution in [0.15, 0.2) is 70.5 Å². The third kappa shape index (κ3) is 4.68. The maximum Gasteiger partial charge on any atom is 0.271 e. The van der Waals surface area contributed by atoms with Crippen LogP contribution < -0.4 is 5.56 Å². The van der Waals surface area contributed by atoms with Gasteiger partial charge in [0.25, 0.3) is 5.56 Å². The molecule has 1 saturated heterocycles. The van der Waals surface area contributed by atoms with Gasteiger partial charge >= 0.3 is 0 Å². The molecule has 6 nitrogen and oxygen atoms in total. The summed E-state index contributed by atoms with van der Waals surface area (Å²) in [4.78, 5) is 20.2. The van der Waals surface area contributed by atoms with E-state index in [1.54, 1.807) is 7.05 Å². The van der Waals surface area contributed by atoms with Crippen molar-refractivity contribution in [3.8, 4) is 11.6 Å². The van der Waals surface area contributed by atoms with Crippen molar-refractivity contribution in [2.75, 3.05) is 13.1 Å². The van der Waals surface area contributed by atoms with Crippen molar-refractivity contribution in [1.82, 2.24) is 14.0 Å². The van der Waals surface area contributed by atoms with Crippen LogP contribution >= 0.6 is 12.2 Å². The second-order valence-corrected chi connectivity index (χ2v) is 8.19. The van der Waals surface area contributed by atoms with Crippen LogP contribution in [0.25, 0.3) is 5.69 Å². The third-order valence-corrected chi connectivity index (χ3v) is 6.16. The first-order chi connectivity index (χ1) is 15.0. The standard InChI is InChI=1S/C24H26N4O2S/c1-26-22(29)21(23(30)28(24(26)31)20-10-6-3-7-11-20)16-25-19-12-14-27(15-13-19)17-18-8-4-2-5-9-18/h2-11,16,19,29H,12-15,17H2,1H3. The fraction of sp³-hybridized carbons (Fsp3) is 0.292. The van der Waals surface area contributed by atoms with Gasteiger partial charge in [0.2, 0.25) is 5.88 Å². The largest absolute Gasteiger partial charge is 0.494 e. The number of piperidine rings is 1. The van der Waals surface area contributed by atoms with Crippen LogP contribution in [0.3, 0.4) is 0 Å². The van der Waals surface area contributed by atoms with Gasteiger partial charge in [-0.25, -0.2) is 0 Å². The van der Waals surface area contributed by atoms with E-state index in [1.165, 1.54) is 20.9 Å². The van der Waals surface area contributed by atoms with Gasteiger partial charge < -0.3 is 5.11 Å². The van der Waals surface area contributed by atoms with Crippen molar-refractivity contribution in [3.63, 3.8) is 0 Å². The number of hydrogen-bond acceptors (Lipinski definition) is 5. The highest BCUT2D eigenvalue weighted by Crippen LogP contribution is 2.18. The Morgan fingerprint density at radius 3 is 2.32 bits per heavy atom. The van der Waals surface area contributed by atoms with Crippen LogP contribution in [-0.2, 0) is 13.6 Å². The van der Waals surface area contributed by atoms with Gasteiger partial charge in [-0.1, -0.05) is 48.5 Å². The Labute approximate surface area is 186 Å². The lowest BCUT2D eigenvalue weighted by Gasteiger charge is -2.30. The van der Waals surface area contributed by atoms with Crippen LogP contribution in [-0.4, -0.2) is 44.5 Å². The summed E-state index contributed by atoms with van der Waals surface area (Å²) in [6.07, 6.45) is 3.35. The summed E-state index contributed by atoms with van der Waals surface area (Å²) in [6.45, 7) is 2.85. The number of benzene rings is 2. The average molecular weight is 435 g/mol. The Morgan fingerprint density at radius 2 is 1.68 bits per heavy atom. The zero-order valence-electron chi connectivity index (χ0n) is 17.5. The minimum Gasteiger partial charge on any atom is -0.494 e. The summed E-state index contributed by atoms with van der Waals surface area (Å²) in [5.41, 5.74) is 1.77. The topological polar surface area (TPSA) is 62.8 Å². The summed E-state index contributed by atoms with van der Waals surface area (Å²) >= 11 is 5.40. The molecule has 2 heterocycles. The monoisotopic (exact) mass is 434 g/mol. The summed E-state index contributed by atoms with van der Waals surface area (Å²) in [5.74, 6) is -0.160. The van der Waals surface area contributed by atoms with Crippen molar-refractivity contribution in [2.24, 2.45) is 12.0 Å². The highest BCUT2D eigenvalue weighted by atomic mass is 32.1. The Balaban J connectivity index is 1.51. The molecule has 0 bridgehead atoms. The molecule has 1 N–H and O–H groups in total. The first-order valence-corrected chi connectivity index (χ1v) is 10.9. The molecule has 0 aliphatic carbocycles. The van der Waals surface area contributed by atoms with E-state index < -0.39 is 0 Å². The van der Waals surface area contributed by atoms with Crippen LogP contribution in [0.5, 0.6) is 5.88 Å². The van der Waals surface area contributed by atoms with E-state index in [9.17, 15) is 9.90 Å². The van der Waals surface area contributed by atoms with E-state index in [1.807, 2.05) is 36.4 Å². The van der Waals surface area contributed by atoms with Crippen LogP contribution in [0.1, 0.15) is 24.0 Å². The minimum atomic E-state index is -0.364. The van der Waals surface area contributed by atoms with E-state index in [2.05, 4.69) is 34.2 Å². The van der Waals surface area contributed by atoms with Crippen molar-refractivity contribution in [2.45, 2.75) is 25.4 Å². The molecule has 7 heteroatoms. The average Bonchev–Trinajstić information content (AvgIpc) is 2.80. The smallest absolute Gasteiger partial charge is 0.271 e. The van der Waals surface area contributed by atoms with Gasteiger partial charge in [-0.2, -0.15) is 0 Å².